The van der Waals surface area contributed by atoms with Crippen molar-refractivity contribution in [2.24, 2.45) is 7.05 Å². The van der Waals surface area contributed by atoms with Crippen LogP contribution < -0.4 is 11.1 Å². The number of pyridine rings is 1. The van der Waals surface area contributed by atoms with E-state index in [0.29, 0.717) is 21.6 Å². The molecule has 0 aromatic carbocycles. The molecular formula is C18H15N3O2S2. The molecule has 0 saturated heterocycles. The zero-order valence-electron chi connectivity index (χ0n) is 13.9. The first kappa shape index (κ1) is 16.0. The molecule has 4 rings (SSSR count). The Kier molecular flexibility index (Phi) is 3.70. The predicted octanol–water partition coefficient (Wildman–Crippen LogP) is 3.70. The topological polar surface area (TPSA) is 67.8 Å². The van der Waals surface area contributed by atoms with Gasteiger partial charge in [-0.25, -0.2) is 4.98 Å². The standard InChI is InChI=1S/C18H15N3O2S2/c1-9-4-6-11(18(23)21(9)3)15-19-16(22)14-12(8-24-17(14)20-15)13-7-5-10(2)25-13/h4-8H,1-3H3,(H,19,20,22). The third-order valence-electron chi connectivity index (χ3n) is 4.26. The number of aryl methyl sites for hydroxylation is 2. The van der Waals surface area contributed by atoms with Gasteiger partial charge >= 0.3 is 0 Å². The van der Waals surface area contributed by atoms with Crippen molar-refractivity contribution in [2.45, 2.75) is 13.8 Å². The summed E-state index contributed by atoms with van der Waals surface area (Å²) in [6.07, 6.45) is 0. The van der Waals surface area contributed by atoms with E-state index >= 15 is 0 Å². The molecule has 0 fully saturated rings. The number of hydrogen-bond donors (Lipinski definition) is 1. The first-order valence-electron chi connectivity index (χ1n) is 7.71. The van der Waals surface area contributed by atoms with E-state index in [4.69, 9.17) is 0 Å². The minimum Gasteiger partial charge on any atom is -0.315 e. The van der Waals surface area contributed by atoms with Crippen molar-refractivity contribution in [2.75, 3.05) is 0 Å². The fourth-order valence-corrected chi connectivity index (χ4v) is 4.65. The molecule has 0 aliphatic carbocycles. The summed E-state index contributed by atoms with van der Waals surface area (Å²) in [5.74, 6) is 0.314. The molecule has 0 radical (unpaired) electrons. The lowest BCUT2D eigenvalue weighted by molar-refractivity contribution is 0.819. The van der Waals surface area contributed by atoms with Gasteiger partial charge in [0.25, 0.3) is 11.1 Å². The quantitative estimate of drug-likeness (QED) is 0.586. The van der Waals surface area contributed by atoms with Gasteiger partial charge in [0.2, 0.25) is 0 Å². The van der Waals surface area contributed by atoms with Crippen LogP contribution in [0.4, 0.5) is 0 Å². The molecule has 25 heavy (non-hydrogen) atoms. The molecule has 0 aliphatic rings. The van der Waals surface area contributed by atoms with E-state index in [1.54, 1.807) is 29.0 Å². The minimum absolute atomic E-state index is 0.173. The smallest absolute Gasteiger partial charge is 0.261 e. The van der Waals surface area contributed by atoms with Crippen molar-refractivity contribution in [3.63, 3.8) is 0 Å². The van der Waals surface area contributed by atoms with Crippen LogP contribution >= 0.6 is 22.7 Å². The highest BCUT2D eigenvalue weighted by Crippen LogP contribution is 2.35. The first-order chi connectivity index (χ1) is 12.0. The van der Waals surface area contributed by atoms with Gasteiger partial charge in [-0.15, -0.1) is 22.7 Å². The van der Waals surface area contributed by atoms with Crippen LogP contribution in [0.2, 0.25) is 0 Å². The van der Waals surface area contributed by atoms with Crippen molar-refractivity contribution in [3.05, 3.63) is 60.9 Å². The van der Waals surface area contributed by atoms with E-state index < -0.39 is 0 Å². The van der Waals surface area contributed by atoms with Crippen molar-refractivity contribution in [3.8, 4) is 21.8 Å². The summed E-state index contributed by atoms with van der Waals surface area (Å²) in [6.45, 7) is 3.90. The maximum Gasteiger partial charge on any atom is 0.261 e. The Labute approximate surface area is 151 Å². The summed E-state index contributed by atoms with van der Waals surface area (Å²) >= 11 is 3.07. The van der Waals surface area contributed by atoms with Crippen molar-refractivity contribution in [1.82, 2.24) is 14.5 Å². The SMILES string of the molecule is Cc1ccc(-c2csc3nc(-c4ccc(C)n(C)c4=O)[nH]c(=O)c23)s1. The Balaban J connectivity index is 1.95. The highest BCUT2D eigenvalue weighted by atomic mass is 32.1. The van der Waals surface area contributed by atoms with E-state index in [9.17, 15) is 9.59 Å². The number of nitrogens with zero attached hydrogens (tertiary/aromatic N) is 2. The summed E-state index contributed by atoms with van der Waals surface area (Å²) in [7, 11) is 1.71. The number of aromatic nitrogens is 3. The van der Waals surface area contributed by atoms with Gasteiger partial charge in [0.05, 0.1) is 10.9 Å². The van der Waals surface area contributed by atoms with Gasteiger partial charge in [-0.3, -0.25) is 9.59 Å². The Bertz CT molecular complexity index is 1230. The van der Waals surface area contributed by atoms with Gasteiger partial charge in [0.15, 0.2) is 0 Å². The van der Waals surface area contributed by atoms with Crippen LogP contribution in [-0.2, 0) is 7.05 Å². The van der Waals surface area contributed by atoms with E-state index in [0.717, 1.165) is 16.1 Å². The Hall–Kier alpha value is -2.51. The third-order valence-corrected chi connectivity index (χ3v) is 6.17. The molecule has 4 aromatic heterocycles. The monoisotopic (exact) mass is 369 g/mol. The van der Waals surface area contributed by atoms with Crippen molar-refractivity contribution >= 4 is 32.9 Å². The lowest BCUT2D eigenvalue weighted by atomic mass is 10.2. The molecule has 0 bridgehead atoms. The maximum absolute atomic E-state index is 12.7. The van der Waals surface area contributed by atoms with E-state index in [1.807, 2.05) is 37.4 Å². The molecule has 7 heteroatoms. The zero-order valence-corrected chi connectivity index (χ0v) is 15.5. The molecule has 0 amide bonds. The van der Waals surface area contributed by atoms with Crippen LogP contribution in [0.3, 0.4) is 0 Å². The summed E-state index contributed by atoms with van der Waals surface area (Å²) in [6, 6.07) is 7.61. The molecular weight excluding hydrogens is 354 g/mol. The number of hydrogen-bond acceptors (Lipinski definition) is 5. The summed E-state index contributed by atoms with van der Waals surface area (Å²) < 4.78 is 1.55. The minimum atomic E-state index is -0.218. The highest BCUT2D eigenvalue weighted by Gasteiger charge is 2.16. The zero-order chi connectivity index (χ0) is 17.7. The molecule has 0 spiro atoms. The lowest BCUT2D eigenvalue weighted by Crippen LogP contribution is -2.22. The van der Waals surface area contributed by atoms with Gasteiger partial charge in [0, 0.05) is 33.4 Å². The highest BCUT2D eigenvalue weighted by molar-refractivity contribution is 7.19. The second-order valence-corrected chi connectivity index (χ2v) is 8.05. The number of rotatable bonds is 2. The molecule has 4 aromatic rings. The fourth-order valence-electron chi connectivity index (χ4n) is 2.75. The van der Waals surface area contributed by atoms with Crippen molar-refractivity contribution in [1.29, 1.82) is 0 Å². The molecule has 0 saturated carbocycles. The van der Waals surface area contributed by atoms with E-state index in [-0.39, 0.29) is 11.1 Å². The van der Waals surface area contributed by atoms with Crippen LogP contribution in [0.25, 0.3) is 32.0 Å². The predicted molar refractivity (Wildman–Crippen MR) is 104 cm³/mol. The number of thiophene rings is 2. The Morgan fingerprint density at radius 1 is 1.08 bits per heavy atom. The molecule has 0 unspecified atom stereocenters. The average molecular weight is 369 g/mol. The Morgan fingerprint density at radius 3 is 2.60 bits per heavy atom. The summed E-state index contributed by atoms with van der Waals surface area (Å²) in [5.41, 5.74) is 1.76. The molecule has 0 aliphatic heterocycles. The van der Waals surface area contributed by atoms with E-state index in [2.05, 4.69) is 9.97 Å². The van der Waals surface area contributed by atoms with Gasteiger partial charge in [-0.2, -0.15) is 0 Å². The van der Waals surface area contributed by atoms with Gasteiger partial charge in [-0.1, -0.05) is 0 Å². The largest absolute Gasteiger partial charge is 0.315 e. The maximum atomic E-state index is 12.7. The molecule has 5 nitrogen and oxygen atoms in total. The average Bonchev–Trinajstić information content (AvgIpc) is 3.19. The molecule has 126 valence electrons. The number of aromatic amines is 1. The van der Waals surface area contributed by atoms with Gasteiger partial charge in [0.1, 0.15) is 10.7 Å². The van der Waals surface area contributed by atoms with Crippen LogP contribution in [0, 0.1) is 13.8 Å². The van der Waals surface area contributed by atoms with Gasteiger partial charge < -0.3 is 9.55 Å². The lowest BCUT2D eigenvalue weighted by Gasteiger charge is -2.06. The second-order valence-electron chi connectivity index (χ2n) is 5.91. The van der Waals surface area contributed by atoms with Crippen LogP contribution in [0.5, 0.6) is 0 Å². The number of H-pyrrole nitrogens is 1. The van der Waals surface area contributed by atoms with E-state index in [1.165, 1.54) is 16.2 Å². The van der Waals surface area contributed by atoms with Gasteiger partial charge in [-0.05, 0) is 38.1 Å². The normalized spacial score (nSPS) is 11.3. The van der Waals surface area contributed by atoms with Crippen molar-refractivity contribution < 1.29 is 0 Å². The second kappa shape index (κ2) is 5.79. The molecule has 1 N–H and O–H groups in total. The van der Waals surface area contributed by atoms with Crippen LogP contribution in [-0.4, -0.2) is 14.5 Å². The fraction of sp³-hybridized carbons (Fsp3) is 0.167. The molecule has 4 heterocycles. The first-order valence-corrected chi connectivity index (χ1v) is 9.40. The third kappa shape index (κ3) is 2.56. The Morgan fingerprint density at radius 2 is 1.88 bits per heavy atom. The number of fused-ring (bicyclic) bond motifs is 1. The molecule has 0 atom stereocenters. The summed E-state index contributed by atoms with van der Waals surface area (Å²) in [5, 5.41) is 2.54. The number of nitrogens with one attached hydrogen (secondary N) is 1. The van der Waals surface area contributed by atoms with Crippen LogP contribution in [0.15, 0.2) is 39.2 Å². The summed E-state index contributed by atoms with van der Waals surface area (Å²) in [4.78, 5) is 35.4. The van der Waals surface area contributed by atoms with Crippen LogP contribution in [0.1, 0.15) is 10.6 Å².